The lowest BCUT2D eigenvalue weighted by Gasteiger charge is -2.19. The molecule has 7 nitrogen and oxygen atoms in total. The Labute approximate surface area is 214 Å². The van der Waals surface area contributed by atoms with Crippen molar-refractivity contribution < 1.29 is 13.2 Å². The van der Waals surface area contributed by atoms with Crippen molar-refractivity contribution >= 4 is 43.3 Å². The second-order valence-electron chi connectivity index (χ2n) is 8.65. The van der Waals surface area contributed by atoms with Gasteiger partial charge < -0.3 is 4.90 Å². The molecule has 37 heavy (non-hydrogen) atoms. The van der Waals surface area contributed by atoms with Gasteiger partial charge in [0, 0.05) is 36.4 Å². The maximum absolute atomic E-state index is 13.3. The summed E-state index contributed by atoms with van der Waals surface area (Å²) in [4.78, 5) is 19.2. The number of anilines is 1. The smallest absolute Gasteiger partial charge is 0.264 e. The monoisotopic (exact) mass is 506 g/mol. The molecular formula is C29H22N4O3S. The Morgan fingerprint density at radius 1 is 0.946 bits per heavy atom. The first-order chi connectivity index (χ1) is 17.9. The maximum Gasteiger partial charge on any atom is 0.264 e. The summed E-state index contributed by atoms with van der Waals surface area (Å²) in [6.45, 7) is 0.387. The van der Waals surface area contributed by atoms with Crippen molar-refractivity contribution in [3.8, 4) is 6.07 Å². The fourth-order valence-electron chi connectivity index (χ4n) is 4.27. The minimum atomic E-state index is -3.90. The third kappa shape index (κ3) is 4.85. The number of nitriles is 1. The lowest BCUT2D eigenvalue weighted by atomic mass is 10.0. The summed E-state index contributed by atoms with van der Waals surface area (Å²) in [7, 11) is -2.17. The van der Waals surface area contributed by atoms with Crippen molar-refractivity contribution in [2.24, 2.45) is 0 Å². The summed E-state index contributed by atoms with van der Waals surface area (Å²) in [5.74, 6) is -0.162. The van der Waals surface area contributed by atoms with Gasteiger partial charge in [-0.2, -0.15) is 5.26 Å². The molecule has 0 atom stereocenters. The second kappa shape index (κ2) is 9.72. The number of para-hydroxylation sites is 1. The topological polar surface area (TPSA) is 103 Å². The van der Waals surface area contributed by atoms with Crippen LogP contribution in [-0.2, 0) is 16.6 Å². The number of aromatic nitrogens is 1. The fourth-order valence-corrected chi connectivity index (χ4v) is 5.50. The number of amides is 1. The molecule has 0 radical (unpaired) electrons. The summed E-state index contributed by atoms with van der Waals surface area (Å²) in [5.41, 5.74) is 2.78. The predicted octanol–water partition coefficient (Wildman–Crippen LogP) is 5.33. The second-order valence-corrected chi connectivity index (χ2v) is 10.3. The summed E-state index contributed by atoms with van der Waals surface area (Å²) in [6, 6.07) is 28.3. The fraction of sp³-hybridized carbons (Fsp3) is 0.0690. The van der Waals surface area contributed by atoms with E-state index in [-0.39, 0.29) is 10.8 Å². The van der Waals surface area contributed by atoms with Crippen LogP contribution in [0.5, 0.6) is 0 Å². The van der Waals surface area contributed by atoms with Gasteiger partial charge in [0.2, 0.25) is 0 Å². The van der Waals surface area contributed by atoms with Gasteiger partial charge in [0.05, 0.1) is 17.1 Å². The molecule has 0 spiro atoms. The molecule has 0 fully saturated rings. The van der Waals surface area contributed by atoms with Crippen LogP contribution in [0.15, 0.2) is 102 Å². The van der Waals surface area contributed by atoms with Crippen LogP contribution in [0.3, 0.4) is 0 Å². The van der Waals surface area contributed by atoms with Gasteiger partial charge in [-0.25, -0.2) is 8.42 Å². The Morgan fingerprint density at radius 3 is 2.46 bits per heavy atom. The minimum absolute atomic E-state index is 0.0963. The number of nitrogens with one attached hydrogen (secondary N) is 1. The van der Waals surface area contributed by atoms with Gasteiger partial charge in [-0.1, -0.05) is 48.5 Å². The number of hydrogen-bond acceptors (Lipinski definition) is 5. The zero-order valence-corrected chi connectivity index (χ0v) is 20.7. The van der Waals surface area contributed by atoms with E-state index in [1.807, 2.05) is 30.3 Å². The highest BCUT2D eigenvalue weighted by Gasteiger charge is 2.20. The third-order valence-electron chi connectivity index (χ3n) is 6.10. The number of benzene rings is 4. The molecule has 0 saturated heterocycles. The lowest BCUT2D eigenvalue weighted by Crippen LogP contribution is -2.26. The van der Waals surface area contributed by atoms with Crippen LogP contribution in [-0.4, -0.2) is 31.3 Å². The van der Waals surface area contributed by atoms with Crippen LogP contribution < -0.4 is 4.72 Å². The number of rotatable bonds is 6. The van der Waals surface area contributed by atoms with Crippen molar-refractivity contribution in [2.45, 2.75) is 11.4 Å². The average molecular weight is 507 g/mol. The Bertz CT molecular complexity index is 1790. The number of carbonyl (C=O) groups excluding carboxylic acids is 1. The highest BCUT2D eigenvalue weighted by atomic mass is 32.2. The van der Waals surface area contributed by atoms with Crippen LogP contribution >= 0.6 is 0 Å². The molecule has 0 saturated carbocycles. The van der Waals surface area contributed by atoms with E-state index >= 15 is 0 Å². The first kappa shape index (κ1) is 24.0. The lowest BCUT2D eigenvalue weighted by molar-refractivity contribution is 0.0787. The molecule has 1 N–H and O–H groups in total. The largest absolute Gasteiger partial charge is 0.337 e. The van der Waals surface area contributed by atoms with Crippen molar-refractivity contribution in [3.05, 3.63) is 114 Å². The molecule has 0 unspecified atom stereocenters. The van der Waals surface area contributed by atoms with E-state index in [1.165, 1.54) is 6.07 Å². The standard InChI is InChI=1S/C29H22N4O3S/c1-33(19-21-12-10-20(18-30)11-13-21)29(34)26-8-2-6-23-17-24(14-15-25(23)26)32-37(35,36)27-9-3-5-22-7-4-16-31-28(22)27/h2-17,32H,19H2,1H3. The van der Waals surface area contributed by atoms with E-state index in [2.05, 4.69) is 15.8 Å². The molecule has 8 heteroatoms. The first-order valence-electron chi connectivity index (χ1n) is 11.5. The molecular weight excluding hydrogens is 484 g/mol. The molecule has 0 aliphatic carbocycles. The number of carbonyl (C=O) groups is 1. The highest BCUT2D eigenvalue weighted by Crippen LogP contribution is 2.27. The number of fused-ring (bicyclic) bond motifs is 2. The first-order valence-corrected chi connectivity index (χ1v) is 13.0. The average Bonchev–Trinajstić information content (AvgIpc) is 2.92. The summed E-state index contributed by atoms with van der Waals surface area (Å²) >= 11 is 0. The quantitative estimate of drug-likeness (QED) is 0.335. The minimum Gasteiger partial charge on any atom is -0.337 e. The molecule has 1 amide bonds. The molecule has 1 aromatic heterocycles. The Kier molecular flexibility index (Phi) is 6.30. The van der Waals surface area contributed by atoms with Crippen LogP contribution in [0, 0.1) is 11.3 Å². The van der Waals surface area contributed by atoms with Gasteiger partial charge >= 0.3 is 0 Å². The van der Waals surface area contributed by atoms with Gasteiger partial charge in [0.15, 0.2) is 0 Å². The molecule has 4 aromatic carbocycles. The maximum atomic E-state index is 13.3. The zero-order chi connectivity index (χ0) is 26.0. The summed E-state index contributed by atoms with van der Waals surface area (Å²) in [6.07, 6.45) is 1.56. The van der Waals surface area contributed by atoms with E-state index in [4.69, 9.17) is 5.26 Å². The van der Waals surface area contributed by atoms with Crippen LogP contribution in [0.1, 0.15) is 21.5 Å². The van der Waals surface area contributed by atoms with E-state index < -0.39 is 10.0 Å². The van der Waals surface area contributed by atoms with Gasteiger partial charge in [0.25, 0.3) is 15.9 Å². The molecule has 0 bridgehead atoms. The van der Waals surface area contributed by atoms with Gasteiger partial charge in [-0.05, 0) is 58.8 Å². The number of sulfonamides is 1. The van der Waals surface area contributed by atoms with E-state index in [9.17, 15) is 13.2 Å². The van der Waals surface area contributed by atoms with Crippen molar-refractivity contribution in [2.75, 3.05) is 11.8 Å². The molecule has 0 aliphatic heterocycles. The number of hydrogen-bond donors (Lipinski definition) is 1. The van der Waals surface area contributed by atoms with Crippen molar-refractivity contribution in [1.82, 2.24) is 9.88 Å². The Balaban J connectivity index is 1.41. The zero-order valence-electron chi connectivity index (χ0n) is 19.9. The van der Waals surface area contributed by atoms with E-state index in [0.29, 0.717) is 34.3 Å². The summed E-state index contributed by atoms with van der Waals surface area (Å²) in [5, 5.41) is 11.2. The van der Waals surface area contributed by atoms with Crippen LogP contribution in [0.4, 0.5) is 5.69 Å². The van der Waals surface area contributed by atoms with Crippen LogP contribution in [0.2, 0.25) is 0 Å². The van der Waals surface area contributed by atoms with Crippen molar-refractivity contribution in [3.63, 3.8) is 0 Å². The Morgan fingerprint density at radius 2 is 1.68 bits per heavy atom. The SMILES string of the molecule is CN(Cc1ccc(C#N)cc1)C(=O)c1cccc2cc(NS(=O)(=O)c3cccc4cccnc34)ccc12. The number of nitrogens with zero attached hydrogens (tertiary/aromatic N) is 3. The summed E-state index contributed by atoms with van der Waals surface area (Å²) < 4.78 is 29.0. The van der Waals surface area contributed by atoms with Gasteiger partial charge in [-0.3, -0.25) is 14.5 Å². The number of pyridine rings is 1. The molecule has 5 rings (SSSR count). The predicted molar refractivity (Wildman–Crippen MR) is 143 cm³/mol. The highest BCUT2D eigenvalue weighted by molar-refractivity contribution is 7.93. The van der Waals surface area contributed by atoms with Gasteiger partial charge in [0.1, 0.15) is 4.90 Å². The molecule has 0 aliphatic rings. The third-order valence-corrected chi connectivity index (χ3v) is 7.51. The van der Waals surface area contributed by atoms with Gasteiger partial charge in [-0.15, -0.1) is 0 Å². The van der Waals surface area contributed by atoms with Crippen molar-refractivity contribution in [1.29, 1.82) is 5.26 Å². The van der Waals surface area contributed by atoms with Crippen LogP contribution in [0.25, 0.3) is 21.7 Å². The van der Waals surface area contributed by atoms with E-state index in [0.717, 1.165) is 16.3 Å². The Hall–Kier alpha value is -4.74. The molecule has 1 heterocycles. The van der Waals surface area contributed by atoms with E-state index in [1.54, 1.807) is 72.7 Å². The molecule has 5 aromatic rings. The molecule has 182 valence electrons. The normalized spacial score (nSPS) is 11.2.